The minimum atomic E-state index is -1.15. The van der Waals surface area contributed by atoms with Crippen molar-refractivity contribution in [2.24, 2.45) is 17.2 Å². The van der Waals surface area contributed by atoms with Crippen LogP contribution in [0.5, 0.6) is 0 Å². The summed E-state index contributed by atoms with van der Waals surface area (Å²) in [5.74, 6) is -2.14. The average Bonchev–Trinajstić information content (AvgIpc) is 2.90. The molecular weight excluding hydrogens is 508 g/mol. The fraction of sp³-hybridized carbons (Fsp3) is 0.615. The molecule has 12 heteroatoms. The number of nitrogens with two attached hydrogens (primary N) is 3. The summed E-state index contributed by atoms with van der Waals surface area (Å²) in [6, 6.07) is 5.51. The van der Waals surface area contributed by atoms with Gasteiger partial charge in [-0.05, 0) is 82.0 Å². The summed E-state index contributed by atoms with van der Waals surface area (Å²) in [6.07, 6.45) is 5.43. The van der Waals surface area contributed by atoms with Gasteiger partial charge in [0, 0.05) is 0 Å². The van der Waals surface area contributed by atoms with Gasteiger partial charge in [0.25, 0.3) is 0 Å². The number of carboxylic acid groups (broad SMARTS) is 1. The highest BCUT2D eigenvalue weighted by atomic mass is 32.2. The number of carboxylic acids is 1. The van der Waals surface area contributed by atoms with Gasteiger partial charge in [0.05, 0.1) is 6.04 Å². The number of hydrogen-bond donors (Lipinski definition) is 7. The summed E-state index contributed by atoms with van der Waals surface area (Å²) < 4.78 is 0. The van der Waals surface area contributed by atoms with Crippen molar-refractivity contribution in [3.05, 3.63) is 35.9 Å². The van der Waals surface area contributed by atoms with Crippen molar-refractivity contribution in [2.75, 3.05) is 25.1 Å². The van der Waals surface area contributed by atoms with Gasteiger partial charge in [-0.15, -0.1) is 0 Å². The third-order valence-electron chi connectivity index (χ3n) is 6.02. The Morgan fingerprint density at radius 2 is 1.29 bits per heavy atom. The van der Waals surface area contributed by atoms with Crippen LogP contribution in [0.2, 0.25) is 0 Å². The molecule has 0 bridgehead atoms. The molecule has 1 aromatic carbocycles. The highest BCUT2D eigenvalue weighted by Crippen LogP contribution is 2.08. The van der Waals surface area contributed by atoms with Gasteiger partial charge < -0.3 is 38.3 Å². The summed E-state index contributed by atoms with van der Waals surface area (Å²) in [6.45, 7) is 0.848. The summed E-state index contributed by atoms with van der Waals surface area (Å²) in [5.41, 5.74) is 18.1. The Bertz CT molecular complexity index is 860. The van der Waals surface area contributed by atoms with Crippen molar-refractivity contribution < 1.29 is 24.3 Å². The molecule has 0 saturated heterocycles. The molecule has 0 spiro atoms. The number of amides is 3. The SMILES string of the molecule is CSCCC(NC(=O)C(N)Cc1ccccc1)C(=O)NC(CCCCN)C(=O)NC(CCCCN)C(=O)O. The van der Waals surface area contributed by atoms with Crippen molar-refractivity contribution in [1.82, 2.24) is 16.0 Å². The normalized spacial score (nSPS) is 14.1. The maximum absolute atomic E-state index is 13.2. The molecule has 38 heavy (non-hydrogen) atoms. The van der Waals surface area contributed by atoms with E-state index in [1.807, 2.05) is 36.6 Å². The molecule has 4 unspecified atom stereocenters. The molecular formula is C26H44N6O5S. The van der Waals surface area contributed by atoms with Crippen molar-refractivity contribution in [3.8, 4) is 0 Å². The fourth-order valence-electron chi connectivity index (χ4n) is 3.80. The fourth-order valence-corrected chi connectivity index (χ4v) is 4.27. The van der Waals surface area contributed by atoms with Crippen LogP contribution < -0.4 is 33.2 Å². The first kappa shape index (κ1) is 33.4. The maximum Gasteiger partial charge on any atom is 0.326 e. The van der Waals surface area contributed by atoms with E-state index in [9.17, 15) is 24.3 Å². The topological polar surface area (TPSA) is 203 Å². The molecule has 10 N–H and O–H groups in total. The van der Waals surface area contributed by atoms with Crippen LogP contribution in [0.3, 0.4) is 0 Å². The molecule has 0 saturated carbocycles. The highest BCUT2D eigenvalue weighted by molar-refractivity contribution is 7.98. The largest absolute Gasteiger partial charge is 0.480 e. The maximum atomic E-state index is 13.2. The third kappa shape index (κ3) is 13.2. The molecule has 4 atom stereocenters. The van der Waals surface area contributed by atoms with E-state index in [1.54, 1.807) is 0 Å². The number of hydrogen-bond acceptors (Lipinski definition) is 8. The summed E-state index contributed by atoms with van der Waals surface area (Å²) in [4.78, 5) is 50.7. The molecule has 11 nitrogen and oxygen atoms in total. The van der Waals surface area contributed by atoms with Gasteiger partial charge in [-0.3, -0.25) is 14.4 Å². The van der Waals surface area contributed by atoms with Gasteiger partial charge >= 0.3 is 5.97 Å². The quantitative estimate of drug-likeness (QED) is 0.110. The van der Waals surface area contributed by atoms with Crippen LogP contribution in [0.1, 0.15) is 50.5 Å². The lowest BCUT2D eigenvalue weighted by Gasteiger charge is -2.25. The third-order valence-corrected chi connectivity index (χ3v) is 6.66. The number of carbonyl (C=O) groups is 4. The first-order chi connectivity index (χ1) is 18.2. The van der Waals surface area contributed by atoms with E-state index < -0.39 is 47.9 Å². The second kappa shape index (κ2) is 19.4. The number of unbranched alkanes of at least 4 members (excludes halogenated alkanes) is 2. The molecule has 0 radical (unpaired) electrons. The minimum Gasteiger partial charge on any atom is -0.480 e. The Balaban J connectivity index is 2.92. The Morgan fingerprint density at radius 1 is 0.789 bits per heavy atom. The van der Waals surface area contributed by atoms with E-state index in [1.165, 1.54) is 11.8 Å². The first-order valence-electron chi connectivity index (χ1n) is 13.1. The lowest BCUT2D eigenvalue weighted by Crippen LogP contribution is -2.57. The molecule has 0 aromatic heterocycles. The van der Waals surface area contributed by atoms with Crippen molar-refractivity contribution in [3.63, 3.8) is 0 Å². The van der Waals surface area contributed by atoms with E-state index >= 15 is 0 Å². The van der Waals surface area contributed by atoms with Crippen LogP contribution in [0.15, 0.2) is 30.3 Å². The van der Waals surface area contributed by atoms with E-state index in [-0.39, 0.29) is 12.8 Å². The molecule has 3 amide bonds. The zero-order valence-corrected chi connectivity index (χ0v) is 23.0. The van der Waals surface area contributed by atoms with Crippen LogP contribution in [0.4, 0.5) is 0 Å². The molecule has 0 aliphatic heterocycles. The number of thioether (sulfide) groups is 1. The van der Waals surface area contributed by atoms with Crippen LogP contribution in [-0.4, -0.2) is 78.1 Å². The van der Waals surface area contributed by atoms with Gasteiger partial charge in [-0.25, -0.2) is 4.79 Å². The second-order valence-corrected chi connectivity index (χ2v) is 10.2. The van der Waals surface area contributed by atoms with Gasteiger partial charge in [-0.2, -0.15) is 11.8 Å². The average molecular weight is 553 g/mol. The summed E-state index contributed by atoms with van der Waals surface area (Å²) in [5, 5.41) is 17.5. The van der Waals surface area contributed by atoms with Crippen LogP contribution >= 0.6 is 11.8 Å². The van der Waals surface area contributed by atoms with Gasteiger partial charge in [0.1, 0.15) is 18.1 Å². The number of benzene rings is 1. The van der Waals surface area contributed by atoms with E-state index in [4.69, 9.17) is 17.2 Å². The van der Waals surface area contributed by atoms with Crippen molar-refractivity contribution in [2.45, 2.75) is 75.5 Å². The number of nitrogens with one attached hydrogen (secondary N) is 3. The van der Waals surface area contributed by atoms with Gasteiger partial charge in [-0.1, -0.05) is 30.3 Å². The molecule has 1 aromatic rings. The van der Waals surface area contributed by atoms with Crippen molar-refractivity contribution >= 4 is 35.5 Å². The predicted molar refractivity (Wildman–Crippen MR) is 150 cm³/mol. The Hall–Kier alpha value is -2.67. The molecule has 0 aliphatic carbocycles. The number of carbonyl (C=O) groups excluding carboxylic acids is 3. The Morgan fingerprint density at radius 3 is 1.82 bits per heavy atom. The molecule has 0 heterocycles. The van der Waals surface area contributed by atoms with E-state index in [0.29, 0.717) is 57.4 Å². The van der Waals surface area contributed by atoms with Gasteiger partial charge in [0.2, 0.25) is 17.7 Å². The molecule has 0 fully saturated rings. The smallest absolute Gasteiger partial charge is 0.326 e. The zero-order chi connectivity index (χ0) is 28.3. The lowest BCUT2D eigenvalue weighted by atomic mass is 10.0. The second-order valence-electron chi connectivity index (χ2n) is 9.17. The van der Waals surface area contributed by atoms with Crippen LogP contribution in [-0.2, 0) is 25.6 Å². The van der Waals surface area contributed by atoms with Crippen LogP contribution in [0, 0.1) is 0 Å². The summed E-state index contributed by atoms with van der Waals surface area (Å²) >= 11 is 1.52. The monoisotopic (exact) mass is 552 g/mol. The van der Waals surface area contributed by atoms with Crippen molar-refractivity contribution in [1.29, 1.82) is 0 Å². The Labute approximate surface area is 229 Å². The number of rotatable bonds is 20. The first-order valence-corrected chi connectivity index (χ1v) is 14.4. The summed E-state index contributed by atoms with van der Waals surface area (Å²) in [7, 11) is 0. The standard InChI is InChI=1S/C26H44N6O5S/c1-38-16-13-21(30-23(33)19(29)17-18-9-3-2-4-10-18)25(35)31-20(11-5-7-14-27)24(34)32-22(26(36)37)12-6-8-15-28/h2-4,9-10,19-22H,5-8,11-17,27-29H2,1H3,(H,30,33)(H,31,35)(H,32,34)(H,36,37). The predicted octanol–water partition coefficient (Wildman–Crippen LogP) is 0.107. The van der Waals surface area contributed by atoms with Gasteiger partial charge in [0.15, 0.2) is 0 Å². The molecule has 214 valence electrons. The van der Waals surface area contributed by atoms with E-state index in [2.05, 4.69) is 16.0 Å². The molecule has 1 rings (SSSR count). The Kier molecular flexibility index (Phi) is 17.0. The number of aliphatic carboxylic acids is 1. The molecule has 0 aliphatic rings. The van der Waals surface area contributed by atoms with Crippen LogP contribution in [0.25, 0.3) is 0 Å². The highest BCUT2D eigenvalue weighted by Gasteiger charge is 2.30. The van der Waals surface area contributed by atoms with E-state index in [0.717, 1.165) is 5.56 Å². The zero-order valence-electron chi connectivity index (χ0n) is 22.2. The minimum absolute atomic E-state index is 0.230. The lowest BCUT2D eigenvalue weighted by molar-refractivity contribution is -0.142.